The molecule has 5 rings (SSSR count). The van der Waals surface area contributed by atoms with E-state index in [4.69, 9.17) is 9.47 Å². The van der Waals surface area contributed by atoms with E-state index >= 15 is 26.3 Å². The molecule has 0 aliphatic heterocycles. The highest BCUT2D eigenvalue weighted by molar-refractivity contribution is 7.13. The standard InChI is InChI=1S/C33H29F6NO2S/c1-18-26(10-8-7-9-21-11-13-22(41-5)14-12-21)43-20(3)27(18)29-30(32(36,37)33(38,39)31(29,34)35)28-19(2)40(4)25-16-15-23(42-6)17-24(25)28/h7-17H,1-6H3. The number of aromatic nitrogens is 1. The third-order valence-corrected chi connectivity index (χ3v) is 9.16. The Morgan fingerprint density at radius 3 is 1.91 bits per heavy atom. The Balaban J connectivity index is 1.70. The molecule has 0 atom stereocenters. The first-order valence-electron chi connectivity index (χ1n) is 13.3. The molecule has 0 fully saturated rings. The van der Waals surface area contributed by atoms with Gasteiger partial charge in [-0.2, -0.15) is 26.3 Å². The lowest BCUT2D eigenvalue weighted by atomic mass is 9.91. The van der Waals surface area contributed by atoms with E-state index in [0.717, 1.165) is 16.9 Å². The Hall–Kier alpha value is -3.92. The molecular weight excluding hydrogens is 588 g/mol. The summed E-state index contributed by atoms with van der Waals surface area (Å²) in [7, 11) is 4.50. The van der Waals surface area contributed by atoms with Crippen LogP contribution in [0.1, 0.15) is 37.7 Å². The fourth-order valence-corrected chi connectivity index (χ4v) is 6.70. The number of thiophene rings is 1. The van der Waals surface area contributed by atoms with Crippen molar-refractivity contribution < 1.29 is 35.8 Å². The van der Waals surface area contributed by atoms with Crippen molar-refractivity contribution in [2.75, 3.05) is 14.2 Å². The monoisotopic (exact) mass is 617 g/mol. The third kappa shape index (κ3) is 4.58. The number of halogens is 6. The van der Waals surface area contributed by atoms with Crippen molar-refractivity contribution in [3.63, 3.8) is 0 Å². The molecule has 1 aliphatic carbocycles. The highest BCUT2D eigenvalue weighted by atomic mass is 32.1. The molecule has 10 heteroatoms. The average molecular weight is 618 g/mol. The first-order chi connectivity index (χ1) is 20.2. The second-order valence-corrected chi connectivity index (χ2v) is 11.6. The van der Waals surface area contributed by atoms with Gasteiger partial charge in [-0.15, -0.1) is 11.3 Å². The van der Waals surface area contributed by atoms with Crippen LogP contribution in [0.25, 0.3) is 34.2 Å². The topological polar surface area (TPSA) is 23.4 Å². The van der Waals surface area contributed by atoms with E-state index in [0.29, 0.717) is 16.1 Å². The lowest BCUT2D eigenvalue weighted by Crippen LogP contribution is -2.49. The molecule has 0 saturated carbocycles. The molecule has 1 aliphatic rings. The molecule has 0 bridgehead atoms. The first kappa shape index (κ1) is 30.5. The molecule has 0 unspecified atom stereocenters. The van der Waals surface area contributed by atoms with Gasteiger partial charge in [-0.1, -0.05) is 30.4 Å². The molecule has 3 nitrogen and oxygen atoms in total. The summed E-state index contributed by atoms with van der Waals surface area (Å²) in [6.45, 7) is 4.42. The van der Waals surface area contributed by atoms with Crippen LogP contribution in [-0.4, -0.2) is 36.6 Å². The van der Waals surface area contributed by atoms with E-state index in [-0.39, 0.29) is 38.4 Å². The minimum absolute atomic E-state index is 0.120. The van der Waals surface area contributed by atoms with Crippen LogP contribution in [0.4, 0.5) is 26.3 Å². The predicted molar refractivity (Wildman–Crippen MR) is 161 cm³/mol. The summed E-state index contributed by atoms with van der Waals surface area (Å²) < 4.78 is 105. The van der Waals surface area contributed by atoms with Crippen LogP contribution in [0.15, 0.2) is 54.6 Å². The van der Waals surface area contributed by atoms with Crippen molar-refractivity contribution in [3.8, 4) is 11.5 Å². The van der Waals surface area contributed by atoms with Crippen molar-refractivity contribution in [2.45, 2.75) is 38.5 Å². The Morgan fingerprint density at radius 2 is 1.30 bits per heavy atom. The number of methoxy groups -OCH3 is 2. The number of fused-ring (bicyclic) bond motifs is 1. The maximum Gasteiger partial charge on any atom is 0.380 e. The van der Waals surface area contributed by atoms with E-state index in [2.05, 4.69) is 0 Å². The van der Waals surface area contributed by atoms with E-state index in [1.165, 1.54) is 38.5 Å². The predicted octanol–water partition coefficient (Wildman–Crippen LogP) is 9.74. The van der Waals surface area contributed by atoms with Crippen molar-refractivity contribution in [2.24, 2.45) is 7.05 Å². The van der Waals surface area contributed by atoms with Gasteiger partial charge in [-0.05, 0) is 68.3 Å². The van der Waals surface area contributed by atoms with Crippen molar-refractivity contribution in [3.05, 3.63) is 92.3 Å². The molecule has 0 N–H and O–H groups in total. The number of hydrogen-bond donors (Lipinski definition) is 0. The van der Waals surface area contributed by atoms with Gasteiger partial charge in [0.05, 0.1) is 14.2 Å². The van der Waals surface area contributed by atoms with Crippen LogP contribution in [0.2, 0.25) is 0 Å². The van der Waals surface area contributed by atoms with Gasteiger partial charge in [-0.25, -0.2) is 0 Å². The number of ether oxygens (including phenoxy) is 2. The lowest BCUT2D eigenvalue weighted by molar-refractivity contribution is -0.254. The van der Waals surface area contributed by atoms with Gasteiger partial charge in [-0.3, -0.25) is 0 Å². The molecule has 0 amide bonds. The first-order valence-corrected chi connectivity index (χ1v) is 14.1. The molecule has 0 saturated heterocycles. The second-order valence-electron chi connectivity index (χ2n) is 10.4. The van der Waals surface area contributed by atoms with Crippen LogP contribution in [0, 0.1) is 20.8 Å². The van der Waals surface area contributed by atoms with Crippen LogP contribution < -0.4 is 9.47 Å². The average Bonchev–Trinajstić information content (AvgIpc) is 3.42. The van der Waals surface area contributed by atoms with Crippen LogP contribution in [0.3, 0.4) is 0 Å². The second kappa shape index (κ2) is 10.7. The maximum atomic E-state index is 15.8. The van der Waals surface area contributed by atoms with E-state index in [9.17, 15) is 0 Å². The number of aryl methyl sites for hydroxylation is 2. The molecule has 2 heterocycles. The lowest BCUT2D eigenvalue weighted by Gasteiger charge is -2.26. The van der Waals surface area contributed by atoms with Crippen molar-refractivity contribution in [1.29, 1.82) is 0 Å². The number of allylic oxidation sites excluding steroid dienone is 4. The highest BCUT2D eigenvalue weighted by Crippen LogP contribution is 2.66. The normalized spacial score (nSPS) is 17.6. The van der Waals surface area contributed by atoms with Crippen LogP contribution in [-0.2, 0) is 7.05 Å². The van der Waals surface area contributed by atoms with Gasteiger partial charge >= 0.3 is 17.8 Å². The van der Waals surface area contributed by atoms with E-state index < -0.39 is 28.9 Å². The van der Waals surface area contributed by atoms with Gasteiger partial charge in [0.1, 0.15) is 11.5 Å². The molecule has 4 aromatic rings. The van der Waals surface area contributed by atoms with Gasteiger partial charge in [0.15, 0.2) is 0 Å². The molecular formula is C33H29F6NO2S. The molecule has 0 spiro atoms. The Morgan fingerprint density at radius 1 is 0.744 bits per heavy atom. The molecule has 226 valence electrons. The number of alkyl halides is 6. The summed E-state index contributed by atoms with van der Waals surface area (Å²) in [5, 5.41) is 0.120. The fraction of sp³-hybridized carbons (Fsp3) is 0.273. The third-order valence-electron chi connectivity index (χ3n) is 7.99. The quantitative estimate of drug-likeness (QED) is 0.152. The summed E-state index contributed by atoms with van der Waals surface area (Å²) in [6.07, 6.45) is 6.88. The van der Waals surface area contributed by atoms with E-state index in [1.807, 2.05) is 18.2 Å². The molecule has 2 aromatic carbocycles. The number of nitrogens with zero attached hydrogens (tertiary/aromatic N) is 1. The van der Waals surface area contributed by atoms with Gasteiger partial charge in [0, 0.05) is 55.7 Å². The smallest absolute Gasteiger partial charge is 0.380 e. The minimum atomic E-state index is -5.66. The maximum absolute atomic E-state index is 15.8. The summed E-state index contributed by atoms with van der Waals surface area (Å²) >= 11 is 1.08. The molecule has 43 heavy (non-hydrogen) atoms. The Bertz CT molecular complexity index is 1810. The zero-order valence-electron chi connectivity index (χ0n) is 24.3. The summed E-state index contributed by atoms with van der Waals surface area (Å²) in [5.41, 5.74) is -1.68. The number of rotatable bonds is 7. The van der Waals surface area contributed by atoms with Crippen LogP contribution >= 0.6 is 11.3 Å². The highest BCUT2D eigenvalue weighted by Gasteiger charge is 2.80. The zero-order valence-corrected chi connectivity index (χ0v) is 25.1. The summed E-state index contributed by atoms with van der Waals surface area (Å²) in [5.74, 6) is -15.0. The largest absolute Gasteiger partial charge is 0.497 e. The summed E-state index contributed by atoms with van der Waals surface area (Å²) in [4.78, 5) is 0.719. The van der Waals surface area contributed by atoms with E-state index in [1.54, 1.807) is 56.7 Å². The minimum Gasteiger partial charge on any atom is -0.497 e. The fourth-order valence-electron chi connectivity index (χ4n) is 5.61. The number of hydrogen-bond acceptors (Lipinski definition) is 3. The molecule has 0 radical (unpaired) electrons. The van der Waals surface area contributed by atoms with Crippen molar-refractivity contribution >= 4 is 45.5 Å². The van der Waals surface area contributed by atoms with Crippen LogP contribution in [0.5, 0.6) is 11.5 Å². The van der Waals surface area contributed by atoms with Gasteiger partial charge in [0.25, 0.3) is 0 Å². The zero-order chi connectivity index (χ0) is 31.5. The van der Waals surface area contributed by atoms with Gasteiger partial charge in [0.2, 0.25) is 0 Å². The Labute approximate surface area is 249 Å². The Kier molecular flexibility index (Phi) is 7.57. The van der Waals surface area contributed by atoms with Gasteiger partial charge < -0.3 is 14.0 Å². The summed E-state index contributed by atoms with van der Waals surface area (Å²) in [6, 6.07) is 11.9. The molecule has 2 aromatic heterocycles. The SMILES string of the molecule is COc1ccc(C=CC=Cc2sc(C)c(C3=C(c4c(C)n(C)c5ccc(OC)cc45)C(F)(F)C(F)(F)C3(F)F)c2C)cc1. The van der Waals surface area contributed by atoms with Crippen molar-refractivity contribution in [1.82, 2.24) is 4.57 Å². The number of benzene rings is 2.